The van der Waals surface area contributed by atoms with E-state index in [0.29, 0.717) is 25.9 Å². The van der Waals surface area contributed by atoms with Crippen molar-refractivity contribution in [3.63, 3.8) is 0 Å². The minimum absolute atomic E-state index is 0.149. The fraction of sp³-hybridized carbons (Fsp3) is 0.294. The molecule has 0 atom stereocenters. The van der Waals surface area contributed by atoms with E-state index in [4.69, 9.17) is 0 Å². The molecule has 4 heterocycles. The van der Waals surface area contributed by atoms with E-state index in [1.54, 1.807) is 30.7 Å². The van der Waals surface area contributed by atoms with E-state index in [1.807, 2.05) is 12.1 Å². The van der Waals surface area contributed by atoms with Crippen LogP contribution in [-0.2, 0) is 19.9 Å². The number of hydrogen-bond acceptors (Lipinski definition) is 6. The highest BCUT2D eigenvalue weighted by molar-refractivity contribution is 5.90. The standard InChI is InChI=1S/C17H17N7O/c1-23-11-21-16(22-23)17(25)24-7-4-13-14(5-8-24)19-10-20-15(13)12-3-2-6-18-9-12/h2-3,6,9-11H,4-5,7-8H2,1H3. The van der Waals surface area contributed by atoms with Crippen molar-refractivity contribution in [1.82, 2.24) is 34.6 Å². The Balaban J connectivity index is 1.61. The molecule has 0 radical (unpaired) electrons. The predicted octanol–water partition coefficient (Wildman–Crippen LogP) is 0.908. The molecule has 0 aromatic carbocycles. The molecule has 126 valence electrons. The number of rotatable bonds is 2. The molecule has 3 aromatic rings. The van der Waals surface area contributed by atoms with Crippen LogP contribution in [0, 0.1) is 0 Å². The maximum atomic E-state index is 12.6. The summed E-state index contributed by atoms with van der Waals surface area (Å²) in [6.45, 7) is 1.18. The Labute approximate surface area is 144 Å². The summed E-state index contributed by atoms with van der Waals surface area (Å²) in [5.41, 5.74) is 3.92. The minimum atomic E-state index is -0.149. The van der Waals surface area contributed by atoms with Crippen LogP contribution < -0.4 is 0 Å². The zero-order valence-electron chi connectivity index (χ0n) is 13.8. The maximum absolute atomic E-state index is 12.6. The van der Waals surface area contributed by atoms with E-state index in [2.05, 4.69) is 25.0 Å². The molecule has 0 bridgehead atoms. The van der Waals surface area contributed by atoms with Crippen molar-refractivity contribution < 1.29 is 4.79 Å². The lowest BCUT2D eigenvalue weighted by atomic mass is 10.0. The molecule has 0 saturated carbocycles. The third-order valence-corrected chi connectivity index (χ3v) is 4.30. The van der Waals surface area contributed by atoms with Crippen LogP contribution in [0.1, 0.15) is 21.9 Å². The summed E-state index contributed by atoms with van der Waals surface area (Å²) < 4.78 is 1.53. The number of nitrogens with zero attached hydrogens (tertiary/aromatic N) is 7. The van der Waals surface area contributed by atoms with Crippen LogP contribution in [0.4, 0.5) is 0 Å². The van der Waals surface area contributed by atoms with E-state index >= 15 is 0 Å². The van der Waals surface area contributed by atoms with Crippen LogP contribution in [0.25, 0.3) is 11.3 Å². The second kappa shape index (κ2) is 6.39. The summed E-state index contributed by atoms with van der Waals surface area (Å²) in [4.78, 5) is 31.5. The highest BCUT2D eigenvalue weighted by Gasteiger charge is 2.24. The molecule has 0 unspecified atom stereocenters. The molecule has 0 aliphatic carbocycles. The fourth-order valence-corrected chi connectivity index (χ4v) is 3.06. The van der Waals surface area contributed by atoms with Gasteiger partial charge in [-0.05, 0) is 18.6 Å². The van der Waals surface area contributed by atoms with Gasteiger partial charge in [-0.25, -0.2) is 15.0 Å². The summed E-state index contributed by atoms with van der Waals surface area (Å²) in [6.07, 6.45) is 8.03. The highest BCUT2D eigenvalue weighted by atomic mass is 16.2. The van der Waals surface area contributed by atoms with Gasteiger partial charge in [-0.3, -0.25) is 14.5 Å². The lowest BCUT2D eigenvalue weighted by molar-refractivity contribution is 0.0750. The van der Waals surface area contributed by atoms with Gasteiger partial charge in [0.1, 0.15) is 12.7 Å². The van der Waals surface area contributed by atoms with Gasteiger partial charge in [0.15, 0.2) is 0 Å². The highest BCUT2D eigenvalue weighted by Crippen LogP contribution is 2.25. The van der Waals surface area contributed by atoms with Crippen LogP contribution in [0.2, 0.25) is 0 Å². The van der Waals surface area contributed by atoms with E-state index in [9.17, 15) is 4.79 Å². The number of carbonyl (C=O) groups excluding carboxylic acids is 1. The lowest BCUT2D eigenvalue weighted by Gasteiger charge is -2.18. The largest absolute Gasteiger partial charge is 0.335 e. The molecule has 0 saturated heterocycles. The first-order valence-electron chi connectivity index (χ1n) is 8.10. The van der Waals surface area contributed by atoms with Crippen molar-refractivity contribution in [3.8, 4) is 11.3 Å². The van der Waals surface area contributed by atoms with Crippen LogP contribution in [-0.4, -0.2) is 53.6 Å². The topological polar surface area (TPSA) is 89.7 Å². The second-order valence-electron chi connectivity index (χ2n) is 5.92. The van der Waals surface area contributed by atoms with Crippen LogP contribution in [0.15, 0.2) is 37.2 Å². The summed E-state index contributed by atoms with van der Waals surface area (Å²) in [6, 6.07) is 3.88. The number of aromatic nitrogens is 6. The van der Waals surface area contributed by atoms with Gasteiger partial charge in [-0.1, -0.05) is 0 Å². The van der Waals surface area contributed by atoms with Gasteiger partial charge < -0.3 is 4.90 Å². The average Bonchev–Trinajstić information content (AvgIpc) is 2.96. The van der Waals surface area contributed by atoms with Gasteiger partial charge in [0, 0.05) is 55.8 Å². The summed E-state index contributed by atoms with van der Waals surface area (Å²) in [5, 5.41) is 4.11. The molecular weight excluding hydrogens is 318 g/mol. The fourth-order valence-electron chi connectivity index (χ4n) is 3.06. The van der Waals surface area contributed by atoms with Gasteiger partial charge >= 0.3 is 0 Å². The van der Waals surface area contributed by atoms with E-state index < -0.39 is 0 Å². The van der Waals surface area contributed by atoms with Crippen molar-refractivity contribution >= 4 is 5.91 Å². The molecule has 3 aromatic heterocycles. The van der Waals surface area contributed by atoms with Gasteiger partial charge in [-0.2, -0.15) is 0 Å². The number of hydrogen-bond donors (Lipinski definition) is 0. The van der Waals surface area contributed by atoms with Crippen molar-refractivity contribution in [2.45, 2.75) is 12.8 Å². The molecule has 0 fully saturated rings. The molecule has 4 rings (SSSR count). The van der Waals surface area contributed by atoms with Gasteiger partial charge in [0.25, 0.3) is 5.91 Å². The average molecular weight is 335 g/mol. The molecule has 0 N–H and O–H groups in total. The molecule has 25 heavy (non-hydrogen) atoms. The number of fused-ring (bicyclic) bond motifs is 1. The van der Waals surface area contributed by atoms with Gasteiger partial charge in [0.05, 0.1) is 5.69 Å². The van der Waals surface area contributed by atoms with E-state index in [0.717, 1.165) is 22.5 Å². The lowest BCUT2D eigenvalue weighted by Crippen LogP contribution is -2.34. The normalized spacial score (nSPS) is 14.0. The van der Waals surface area contributed by atoms with E-state index in [-0.39, 0.29) is 11.7 Å². The Hall–Kier alpha value is -3.16. The Bertz CT molecular complexity index is 906. The second-order valence-corrected chi connectivity index (χ2v) is 5.92. The zero-order valence-corrected chi connectivity index (χ0v) is 13.8. The molecule has 8 heteroatoms. The van der Waals surface area contributed by atoms with Gasteiger partial charge in [0.2, 0.25) is 5.82 Å². The SMILES string of the molecule is Cn1cnc(C(=O)N2CCc3ncnc(-c4cccnc4)c3CC2)n1. The predicted molar refractivity (Wildman–Crippen MR) is 89.6 cm³/mol. The molecule has 1 aliphatic heterocycles. The van der Waals surface area contributed by atoms with Crippen LogP contribution in [0.3, 0.4) is 0 Å². The summed E-state index contributed by atoms with van der Waals surface area (Å²) in [5.74, 6) is 0.0799. The Morgan fingerprint density at radius 3 is 2.80 bits per heavy atom. The van der Waals surface area contributed by atoms with Crippen LogP contribution in [0.5, 0.6) is 0 Å². The van der Waals surface area contributed by atoms with Crippen molar-refractivity contribution in [1.29, 1.82) is 0 Å². The first-order chi connectivity index (χ1) is 12.2. The Morgan fingerprint density at radius 2 is 2.04 bits per heavy atom. The zero-order chi connectivity index (χ0) is 17.2. The molecule has 1 aliphatic rings. The van der Waals surface area contributed by atoms with Crippen molar-refractivity contribution in [3.05, 3.63) is 54.3 Å². The van der Waals surface area contributed by atoms with Gasteiger partial charge in [-0.15, -0.1) is 5.10 Å². The summed E-state index contributed by atoms with van der Waals surface area (Å²) >= 11 is 0. The van der Waals surface area contributed by atoms with Crippen molar-refractivity contribution in [2.75, 3.05) is 13.1 Å². The number of carbonyl (C=O) groups is 1. The third kappa shape index (κ3) is 2.98. The van der Waals surface area contributed by atoms with E-state index in [1.165, 1.54) is 11.0 Å². The van der Waals surface area contributed by atoms with Crippen molar-refractivity contribution in [2.24, 2.45) is 7.05 Å². The maximum Gasteiger partial charge on any atom is 0.293 e. The molecule has 0 spiro atoms. The monoisotopic (exact) mass is 335 g/mol. The molecule has 8 nitrogen and oxygen atoms in total. The first-order valence-corrected chi connectivity index (χ1v) is 8.10. The summed E-state index contributed by atoms with van der Waals surface area (Å²) in [7, 11) is 1.75. The molecular formula is C17H17N7O. The minimum Gasteiger partial charge on any atom is -0.335 e. The number of pyridine rings is 1. The third-order valence-electron chi connectivity index (χ3n) is 4.30. The smallest absolute Gasteiger partial charge is 0.293 e. The number of aryl methyl sites for hydroxylation is 1. The Morgan fingerprint density at radius 1 is 1.16 bits per heavy atom. The molecule has 1 amide bonds. The quantitative estimate of drug-likeness (QED) is 0.691. The number of amides is 1. The Kier molecular flexibility index (Phi) is 3.93. The van der Waals surface area contributed by atoms with Crippen LogP contribution >= 0.6 is 0 Å². The first kappa shape index (κ1) is 15.4.